The van der Waals surface area contributed by atoms with Crippen molar-refractivity contribution in [2.45, 2.75) is 12.7 Å². The number of ether oxygens (including phenoxy) is 2. The van der Waals surface area contributed by atoms with Gasteiger partial charge in [0.1, 0.15) is 0 Å². The fraction of sp³-hybridized carbons (Fsp3) is 0.308. The lowest BCUT2D eigenvalue weighted by Crippen LogP contribution is -2.15. The predicted molar refractivity (Wildman–Crippen MR) is 61.2 cm³/mol. The number of rotatable bonds is 4. The maximum atomic E-state index is 12.0. The van der Waals surface area contributed by atoms with Crippen LogP contribution in [0.2, 0.25) is 0 Å². The summed E-state index contributed by atoms with van der Waals surface area (Å²) in [6.45, 7) is 0. The van der Waals surface area contributed by atoms with Crippen molar-refractivity contribution in [2.75, 3.05) is 14.2 Å². The molecule has 1 aromatic rings. The molecule has 0 spiro atoms. The van der Waals surface area contributed by atoms with Crippen LogP contribution in [0.1, 0.15) is 22.3 Å². The smallest absolute Gasteiger partial charge is 0.189 e. The average Bonchev–Trinajstić information content (AvgIpc) is 2.64. The first-order valence-electron chi connectivity index (χ1n) is 5.16. The van der Waals surface area contributed by atoms with Crippen LogP contribution in [0.3, 0.4) is 0 Å². The number of ketones is 1. The number of fused-ring (bicyclic) bond motifs is 1. The molecule has 2 rings (SSSR count). The van der Waals surface area contributed by atoms with E-state index < -0.39 is 0 Å². The van der Waals surface area contributed by atoms with Gasteiger partial charge in [-0.05, 0) is 11.6 Å². The summed E-state index contributed by atoms with van der Waals surface area (Å²) in [6.07, 6.45) is 2.04. The zero-order valence-corrected chi connectivity index (χ0v) is 9.40. The van der Waals surface area contributed by atoms with E-state index in [1.165, 1.54) is 0 Å². The second-order valence-corrected chi connectivity index (χ2v) is 3.69. The van der Waals surface area contributed by atoms with Crippen LogP contribution in [0.4, 0.5) is 0 Å². The number of methoxy groups -OCH3 is 2. The molecule has 0 N–H and O–H groups in total. The third-order valence-corrected chi connectivity index (χ3v) is 2.74. The second kappa shape index (κ2) is 4.60. The summed E-state index contributed by atoms with van der Waals surface area (Å²) >= 11 is 0. The third-order valence-electron chi connectivity index (χ3n) is 2.74. The average molecular weight is 218 g/mol. The van der Waals surface area contributed by atoms with Crippen LogP contribution in [0.5, 0.6) is 0 Å². The summed E-state index contributed by atoms with van der Waals surface area (Å²) in [5, 5.41) is 0. The van der Waals surface area contributed by atoms with Gasteiger partial charge in [0.2, 0.25) is 0 Å². The molecule has 0 saturated heterocycles. The lowest BCUT2D eigenvalue weighted by Gasteiger charge is -2.12. The maximum absolute atomic E-state index is 12.0. The van der Waals surface area contributed by atoms with Crippen molar-refractivity contribution < 1.29 is 14.3 Å². The van der Waals surface area contributed by atoms with E-state index in [0.717, 1.165) is 16.7 Å². The van der Waals surface area contributed by atoms with Gasteiger partial charge in [0.25, 0.3) is 0 Å². The molecule has 0 amide bonds. The first-order chi connectivity index (χ1) is 7.76. The maximum Gasteiger partial charge on any atom is 0.189 e. The standard InChI is InChI=1S/C13H14O3/c1-15-12(16-2)8-10-7-9-5-3-4-6-11(9)13(10)14/h3-7,12H,8H2,1-2H3. The van der Waals surface area contributed by atoms with Gasteiger partial charge in [0.15, 0.2) is 12.1 Å². The Labute approximate surface area is 94.7 Å². The van der Waals surface area contributed by atoms with Gasteiger partial charge in [-0.15, -0.1) is 0 Å². The van der Waals surface area contributed by atoms with Gasteiger partial charge in [-0.3, -0.25) is 4.79 Å². The highest BCUT2D eigenvalue weighted by molar-refractivity contribution is 6.17. The minimum Gasteiger partial charge on any atom is -0.356 e. The van der Waals surface area contributed by atoms with Gasteiger partial charge in [-0.2, -0.15) is 0 Å². The molecule has 0 fully saturated rings. The number of hydrogen-bond donors (Lipinski definition) is 0. The third kappa shape index (κ3) is 1.92. The molecule has 3 nitrogen and oxygen atoms in total. The molecular weight excluding hydrogens is 204 g/mol. The van der Waals surface area contributed by atoms with Crippen molar-refractivity contribution >= 4 is 11.9 Å². The van der Waals surface area contributed by atoms with Crippen LogP contribution in [-0.4, -0.2) is 26.3 Å². The van der Waals surface area contributed by atoms with E-state index >= 15 is 0 Å². The summed E-state index contributed by atoms with van der Waals surface area (Å²) in [5.74, 6) is 0.0784. The molecule has 0 saturated carbocycles. The Morgan fingerprint density at radius 2 is 1.88 bits per heavy atom. The van der Waals surface area contributed by atoms with E-state index in [1.807, 2.05) is 30.3 Å². The van der Waals surface area contributed by atoms with Crippen LogP contribution < -0.4 is 0 Å². The van der Waals surface area contributed by atoms with Crippen LogP contribution in [0.25, 0.3) is 6.08 Å². The molecule has 0 atom stereocenters. The van der Waals surface area contributed by atoms with Gasteiger partial charge in [-0.1, -0.05) is 24.3 Å². The first kappa shape index (κ1) is 11.0. The topological polar surface area (TPSA) is 35.5 Å². The highest BCUT2D eigenvalue weighted by Gasteiger charge is 2.24. The monoisotopic (exact) mass is 218 g/mol. The molecule has 16 heavy (non-hydrogen) atoms. The van der Waals surface area contributed by atoms with Gasteiger partial charge in [0, 0.05) is 31.8 Å². The van der Waals surface area contributed by atoms with Gasteiger partial charge < -0.3 is 9.47 Å². The Kier molecular flexibility index (Phi) is 3.17. The van der Waals surface area contributed by atoms with Crippen molar-refractivity contribution in [3.63, 3.8) is 0 Å². The lowest BCUT2D eigenvalue weighted by atomic mass is 10.1. The van der Waals surface area contributed by atoms with Crippen molar-refractivity contribution in [1.82, 2.24) is 0 Å². The molecule has 0 aromatic heterocycles. The van der Waals surface area contributed by atoms with Crippen LogP contribution in [-0.2, 0) is 9.47 Å². The molecule has 84 valence electrons. The van der Waals surface area contributed by atoms with Crippen LogP contribution in [0, 0.1) is 0 Å². The first-order valence-corrected chi connectivity index (χ1v) is 5.16. The second-order valence-electron chi connectivity index (χ2n) is 3.69. The summed E-state index contributed by atoms with van der Waals surface area (Å²) in [5.41, 5.74) is 2.49. The van der Waals surface area contributed by atoms with Crippen molar-refractivity contribution in [3.05, 3.63) is 41.0 Å². The highest BCUT2D eigenvalue weighted by Crippen LogP contribution is 2.27. The molecule has 0 unspecified atom stereocenters. The van der Waals surface area contributed by atoms with Crippen molar-refractivity contribution in [1.29, 1.82) is 0 Å². The largest absolute Gasteiger partial charge is 0.356 e. The fourth-order valence-corrected chi connectivity index (χ4v) is 1.85. The van der Waals surface area contributed by atoms with Gasteiger partial charge >= 0.3 is 0 Å². The minimum absolute atomic E-state index is 0.0784. The Hall–Kier alpha value is -1.45. The number of benzene rings is 1. The van der Waals surface area contributed by atoms with Crippen molar-refractivity contribution in [2.24, 2.45) is 0 Å². The molecule has 0 heterocycles. The van der Waals surface area contributed by atoms with E-state index in [9.17, 15) is 4.79 Å². The van der Waals surface area contributed by atoms with Crippen LogP contribution in [0.15, 0.2) is 29.8 Å². The number of hydrogen-bond acceptors (Lipinski definition) is 3. The molecule has 1 aliphatic carbocycles. The number of Topliss-reactive ketones (excluding diaryl/α,β-unsaturated/α-hetero) is 1. The van der Waals surface area contributed by atoms with E-state index in [1.54, 1.807) is 14.2 Å². The summed E-state index contributed by atoms with van der Waals surface area (Å²) < 4.78 is 10.2. The Morgan fingerprint density at radius 3 is 2.50 bits per heavy atom. The lowest BCUT2D eigenvalue weighted by molar-refractivity contribution is -0.0996. The molecule has 0 bridgehead atoms. The zero-order chi connectivity index (χ0) is 11.5. The van der Waals surface area contributed by atoms with E-state index in [2.05, 4.69) is 0 Å². The van der Waals surface area contributed by atoms with Gasteiger partial charge in [-0.25, -0.2) is 0 Å². The predicted octanol–water partition coefficient (Wildman–Crippen LogP) is 2.28. The van der Waals surface area contributed by atoms with Crippen LogP contribution >= 0.6 is 0 Å². The fourth-order valence-electron chi connectivity index (χ4n) is 1.85. The summed E-state index contributed by atoms with van der Waals surface area (Å²) in [6, 6.07) is 7.58. The van der Waals surface area contributed by atoms with E-state index in [0.29, 0.717) is 6.42 Å². The molecule has 3 heteroatoms. The summed E-state index contributed by atoms with van der Waals surface area (Å²) in [4.78, 5) is 12.0. The zero-order valence-electron chi connectivity index (χ0n) is 9.40. The molecule has 1 aliphatic rings. The van der Waals surface area contributed by atoms with Gasteiger partial charge in [0.05, 0.1) is 0 Å². The molecule has 0 aliphatic heterocycles. The van der Waals surface area contributed by atoms with Crippen molar-refractivity contribution in [3.8, 4) is 0 Å². The Balaban J connectivity index is 2.19. The van der Waals surface area contributed by atoms with E-state index in [4.69, 9.17) is 9.47 Å². The molecule has 1 aromatic carbocycles. The Bertz CT molecular complexity index is 431. The van der Waals surface area contributed by atoms with E-state index in [-0.39, 0.29) is 12.1 Å². The minimum atomic E-state index is -0.357. The number of carbonyl (C=O) groups excluding carboxylic acids is 1. The number of carbonyl (C=O) groups is 1. The molecular formula is C13H14O3. The highest BCUT2D eigenvalue weighted by atomic mass is 16.7. The normalized spacial score (nSPS) is 14.2. The SMILES string of the molecule is COC(CC1=Cc2ccccc2C1=O)OC. The molecule has 0 radical (unpaired) electrons. The summed E-state index contributed by atoms with van der Waals surface area (Å²) in [7, 11) is 3.14. The Morgan fingerprint density at radius 1 is 1.19 bits per heavy atom. The quantitative estimate of drug-likeness (QED) is 0.727.